The number of rotatable bonds is 5. The first-order valence-electron chi connectivity index (χ1n) is 9.07. The lowest BCUT2D eigenvalue weighted by Gasteiger charge is -2.03. The molecule has 0 fully saturated rings. The second-order valence-corrected chi connectivity index (χ2v) is 8.18. The third-order valence-corrected chi connectivity index (χ3v) is 5.70. The predicted octanol–water partition coefficient (Wildman–Crippen LogP) is 7.76. The SMILES string of the molecule is N#CC(=CNc1cc(Cl)cc(Cl)c1)c1nc(-c2ccc(-c3ccccc3)cc2)cs1. The number of benzene rings is 3. The van der Waals surface area contributed by atoms with Gasteiger partial charge in [-0.3, -0.25) is 0 Å². The average molecular weight is 448 g/mol. The minimum Gasteiger partial charge on any atom is -0.360 e. The van der Waals surface area contributed by atoms with Gasteiger partial charge in [-0.1, -0.05) is 77.8 Å². The molecule has 0 aliphatic carbocycles. The summed E-state index contributed by atoms with van der Waals surface area (Å²) in [6.07, 6.45) is 1.61. The maximum Gasteiger partial charge on any atom is 0.136 e. The maximum atomic E-state index is 9.57. The summed E-state index contributed by atoms with van der Waals surface area (Å²) in [6, 6.07) is 25.8. The standard InChI is InChI=1S/C24H15Cl2N3S/c25-20-10-21(26)12-22(11-20)28-14-19(13-27)24-29-23(15-30-24)18-8-6-17(7-9-18)16-4-2-1-3-5-16/h1-12,14-15,28H. The molecule has 146 valence electrons. The summed E-state index contributed by atoms with van der Waals surface area (Å²) in [5.41, 5.74) is 5.30. The molecule has 0 saturated heterocycles. The van der Waals surface area contributed by atoms with E-state index in [1.807, 2.05) is 35.7 Å². The van der Waals surface area contributed by atoms with Crippen molar-refractivity contribution in [3.8, 4) is 28.5 Å². The van der Waals surface area contributed by atoms with E-state index in [9.17, 15) is 5.26 Å². The van der Waals surface area contributed by atoms with Gasteiger partial charge in [0.1, 0.15) is 16.6 Å². The van der Waals surface area contributed by atoms with Gasteiger partial charge in [-0.05, 0) is 29.3 Å². The number of nitriles is 1. The van der Waals surface area contributed by atoms with E-state index in [2.05, 4.69) is 40.6 Å². The number of thiazole rings is 1. The van der Waals surface area contributed by atoms with Gasteiger partial charge in [0.25, 0.3) is 0 Å². The molecule has 1 N–H and O–H groups in total. The number of anilines is 1. The van der Waals surface area contributed by atoms with Crippen LogP contribution in [0.2, 0.25) is 10.0 Å². The van der Waals surface area contributed by atoms with Crippen LogP contribution in [0.4, 0.5) is 5.69 Å². The molecule has 0 saturated carbocycles. The minimum atomic E-state index is 0.434. The van der Waals surface area contributed by atoms with Gasteiger partial charge in [-0.15, -0.1) is 11.3 Å². The molecule has 6 heteroatoms. The lowest BCUT2D eigenvalue weighted by molar-refractivity contribution is 1.36. The smallest absolute Gasteiger partial charge is 0.136 e. The van der Waals surface area contributed by atoms with Gasteiger partial charge < -0.3 is 5.32 Å². The minimum absolute atomic E-state index is 0.434. The largest absolute Gasteiger partial charge is 0.360 e. The summed E-state index contributed by atoms with van der Waals surface area (Å²) < 4.78 is 0. The third-order valence-electron chi connectivity index (χ3n) is 4.39. The Kier molecular flexibility index (Phi) is 6.15. The van der Waals surface area contributed by atoms with Crippen molar-refractivity contribution >= 4 is 45.8 Å². The molecule has 0 aliphatic rings. The number of hydrogen-bond donors (Lipinski definition) is 1. The summed E-state index contributed by atoms with van der Waals surface area (Å²) in [5, 5.41) is 16.3. The van der Waals surface area contributed by atoms with E-state index in [0.29, 0.717) is 26.3 Å². The van der Waals surface area contributed by atoms with Gasteiger partial charge in [0, 0.05) is 32.9 Å². The normalized spacial score (nSPS) is 11.2. The zero-order valence-electron chi connectivity index (χ0n) is 15.6. The molecular weight excluding hydrogens is 433 g/mol. The first-order valence-corrected chi connectivity index (χ1v) is 10.7. The Morgan fingerprint density at radius 3 is 2.20 bits per heavy atom. The number of nitrogens with one attached hydrogen (secondary N) is 1. The number of hydrogen-bond acceptors (Lipinski definition) is 4. The molecule has 0 radical (unpaired) electrons. The Labute approximate surface area is 188 Å². The number of nitrogens with zero attached hydrogens (tertiary/aromatic N) is 2. The summed E-state index contributed by atoms with van der Waals surface area (Å²) in [5.74, 6) is 0. The van der Waals surface area contributed by atoms with Crippen LogP contribution in [0.1, 0.15) is 5.01 Å². The Morgan fingerprint density at radius 2 is 1.53 bits per heavy atom. The van der Waals surface area contributed by atoms with Crippen LogP contribution in [-0.2, 0) is 0 Å². The summed E-state index contributed by atoms with van der Waals surface area (Å²) in [4.78, 5) is 4.64. The quantitative estimate of drug-likeness (QED) is 0.318. The van der Waals surface area contributed by atoms with E-state index in [1.54, 1.807) is 24.4 Å². The summed E-state index contributed by atoms with van der Waals surface area (Å²) in [6.45, 7) is 0. The highest BCUT2D eigenvalue weighted by Crippen LogP contribution is 2.29. The molecule has 30 heavy (non-hydrogen) atoms. The maximum absolute atomic E-state index is 9.57. The Balaban J connectivity index is 1.54. The summed E-state index contributed by atoms with van der Waals surface area (Å²) in [7, 11) is 0. The van der Waals surface area contributed by atoms with E-state index in [1.165, 1.54) is 16.9 Å². The fraction of sp³-hybridized carbons (Fsp3) is 0. The molecule has 0 spiro atoms. The summed E-state index contributed by atoms with van der Waals surface area (Å²) >= 11 is 13.5. The molecular formula is C24H15Cl2N3S. The van der Waals surface area contributed by atoms with Crippen LogP contribution in [-0.4, -0.2) is 4.98 Å². The lowest BCUT2D eigenvalue weighted by Crippen LogP contribution is -1.91. The fourth-order valence-corrected chi connectivity index (χ4v) is 4.25. The molecule has 1 aromatic heterocycles. The first kappa shape index (κ1) is 20.2. The van der Waals surface area contributed by atoms with Gasteiger partial charge in [0.2, 0.25) is 0 Å². The van der Waals surface area contributed by atoms with Crippen molar-refractivity contribution in [2.75, 3.05) is 5.32 Å². The van der Waals surface area contributed by atoms with Crippen LogP contribution in [0.25, 0.3) is 28.0 Å². The van der Waals surface area contributed by atoms with Crippen LogP contribution in [0, 0.1) is 11.3 Å². The van der Waals surface area contributed by atoms with Crippen molar-refractivity contribution in [1.29, 1.82) is 5.26 Å². The van der Waals surface area contributed by atoms with E-state index < -0.39 is 0 Å². The topological polar surface area (TPSA) is 48.7 Å². The molecule has 0 unspecified atom stereocenters. The molecule has 3 aromatic carbocycles. The Bertz CT molecular complexity index is 1220. The van der Waals surface area contributed by atoms with Crippen molar-refractivity contribution < 1.29 is 0 Å². The number of aromatic nitrogens is 1. The molecule has 0 amide bonds. The van der Waals surface area contributed by atoms with Gasteiger partial charge in [-0.25, -0.2) is 4.98 Å². The molecule has 0 aliphatic heterocycles. The second-order valence-electron chi connectivity index (χ2n) is 6.45. The highest BCUT2D eigenvalue weighted by molar-refractivity contribution is 7.11. The zero-order valence-corrected chi connectivity index (χ0v) is 18.0. The lowest BCUT2D eigenvalue weighted by atomic mass is 10.0. The molecule has 4 aromatic rings. The number of halogens is 2. The van der Waals surface area contributed by atoms with Crippen molar-refractivity contribution in [2.24, 2.45) is 0 Å². The fourth-order valence-electron chi connectivity index (χ4n) is 2.93. The first-order chi connectivity index (χ1) is 14.6. The van der Waals surface area contributed by atoms with Gasteiger partial charge in [0.15, 0.2) is 0 Å². The zero-order chi connectivity index (χ0) is 20.9. The monoisotopic (exact) mass is 447 g/mol. The van der Waals surface area contributed by atoms with Crippen LogP contribution in [0.3, 0.4) is 0 Å². The van der Waals surface area contributed by atoms with Gasteiger partial charge in [0.05, 0.1) is 5.69 Å². The second kappa shape index (κ2) is 9.15. The van der Waals surface area contributed by atoms with Gasteiger partial charge >= 0.3 is 0 Å². The molecule has 3 nitrogen and oxygen atoms in total. The highest BCUT2D eigenvalue weighted by atomic mass is 35.5. The van der Waals surface area contributed by atoms with E-state index in [0.717, 1.165) is 16.8 Å². The Morgan fingerprint density at radius 1 is 0.900 bits per heavy atom. The van der Waals surface area contributed by atoms with E-state index in [4.69, 9.17) is 23.2 Å². The molecule has 0 bridgehead atoms. The van der Waals surface area contributed by atoms with E-state index in [-0.39, 0.29) is 0 Å². The van der Waals surface area contributed by atoms with E-state index >= 15 is 0 Å². The van der Waals surface area contributed by atoms with Crippen LogP contribution in [0.15, 0.2) is 84.4 Å². The van der Waals surface area contributed by atoms with Crippen molar-refractivity contribution in [1.82, 2.24) is 4.98 Å². The van der Waals surface area contributed by atoms with Crippen molar-refractivity contribution in [3.05, 3.63) is 99.4 Å². The van der Waals surface area contributed by atoms with Crippen LogP contribution < -0.4 is 5.32 Å². The van der Waals surface area contributed by atoms with Crippen LogP contribution >= 0.6 is 34.5 Å². The Hall–Kier alpha value is -3.10. The third kappa shape index (κ3) is 4.72. The van der Waals surface area contributed by atoms with Gasteiger partial charge in [-0.2, -0.15) is 5.26 Å². The number of allylic oxidation sites excluding steroid dienone is 1. The highest BCUT2D eigenvalue weighted by Gasteiger charge is 2.09. The molecule has 1 heterocycles. The van der Waals surface area contributed by atoms with Crippen molar-refractivity contribution in [2.45, 2.75) is 0 Å². The predicted molar refractivity (Wildman–Crippen MR) is 127 cm³/mol. The molecule has 0 atom stereocenters. The average Bonchev–Trinajstić information content (AvgIpc) is 3.24. The van der Waals surface area contributed by atoms with Crippen LogP contribution in [0.5, 0.6) is 0 Å². The molecule has 4 rings (SSSR count). The van der Waals surface area contributed by atoms with Crippen molar-refractivity contribution in [3.63, 3.8) is 0 Å².